The summed E-state index contributed by atoms with van der Waals surface area (Å²) in [5.74, 6) is 2.28. The van der Waals surface area contributed by atoms with Crippen LogP contribution in [-0.2, 0) is 9.53 Å². The molecular formula is C20H33N5O2. The Morgan fingerprint density at radius 1 is 1.22 bits per heavy atom. The fraction of sp³-hybridized carbons (Fsp3) is 0.750. The van der Waals surface area contributed by atoms with Gasteiger partial charge in [0.1, 0.15) is 18.1 Å². The van der Waals surface area contributed by atoms with Gasteiger partial charge in [0.2, 0.25) is 5.91 Å². The van der Waals surface area contributed by atoms with Crippen molar-refractivity contribution in [3.8, 4) is 0 Å². The molecule has 1 amide bonds. The highest BCUT2D eigenvalue weighted by Gasteiger charge is 2.37. The van der Waals surface area contributed by atoms with Gasteiger partial charge < -0.3 is 19.9 Å². The van der Waals surface area contributed by atoms with Crippen molar-refractivity contribution < 1.29 is 9.53 Å². The van der Waals surface area contributed by atoms with Gasteiger partial charge in [-0.15, -0.1) is 0 Å². The molecule has 0 radical (unpaired) electrons. The molecule has 1 aromatic rings. The van der Waals surface area contributed by atoms with Crippen molar-refractivity contribution in [1.29, 1.82) is 0 Å². The third kappa shape index (κ3) is 4.34. The molecule has 2 aliphatic rings. The van der Waals surface area contributed by atoms with Crippen LogP contribution in [0.3, 0.4) is 0 Å². The van der Waals surface area contributed by atoms with E-state index >= 15 is 0 Å². The van der Waals surface area contributed by atoms with E-state index < -0.39 is 0 Å². The fourth-order valence-electron chi connectivity index (χ4n) is 3.85. The summed E-state index contributed by atoms with van der Waals surface area (Å²) in [6, 6.07) is -0.195. The summed E-state index contributed by atoms with van der Waals surface area (Å²) in [5.41, 5.74) is 0.851. The van der Waals surface area contributed by atoms with Crippen LogP contribution in [0.4, 0.5) is 17.3 Å². The molecule has 0 unspecified atom stereocenters. The third-order valence-corrected chi connectivity index (χ3v) is 5.70. The minimum absolute atomic E-state index is 0.159. The molecule has 27 heavy (non-hydrogen) atoms. The summed E-state index contributed by atoms with van der Waals surface area (Å²) in [6.07, 6.45) is 6.67. The zero-order valence-electron chi connectivity index (χ0n) is 16.9. The third-order valence-electron chi connectivity index (χ3n) is 5.70. The van der Waals surface area contributed by atoms with Crippen molar-refractivity contribution in [2.24, 2.45) is 5.92 Å². The largest absolute Gasteiger partial charge is 0.378 e. The standard InChI is InChI=1S/C20H33N5O2/c1-4-7-8-16-20(26)25(13-15(5-2)6-3)17-18(23-16)21-14-22-19(17)24-9-11-27-12-10-24/h14-16H,4-13H2,1-3H3,(H,21,22,23)/t16-/m0/s1. The molecule has 1 atom stereocenters. The molecule has 2 aliphatic heterocycles. The second-order valence-corrected chi connectivity index (χ2v) is 7.46. The Bertz CT molecular complexity index is 629. The van der Waals surface area contributed by atoms with Gasteiger partial charge in [0, 0.05) is 19.6 Å². The van der Waals surface area contributed by atoms with Gasteiger partial charge in [-0.3, -0.25) is 4.79 Å². The Morgan fingerprint density at radius 3 is 2.63 bits per heavy atom. The number of hydrogen-bond donors (Lipinski definition) is 1. The molecule has 1 aromatic heterocycles. The van der Waals surface area contributed by atoms with Crippen molar-refractivity contribution >= 4 is 23.2 Å². The molecule has 3 heterocycles. The number of carbonyl (C=O) groups excluding carboxylic acids is 1. The first-order chi connectivity index (χ1) is 13.2. The Balaban J connectivity index is 1.97. The van der Waals surface area contributed by atoms with E-state index in [4.69, 9.17) is 4.74 Å². The van der Waals surface area contributed by atoms with Crippen molar-refractivity contribution in [3.05, 3.63) is 6.33 Å². The van der Waals surface area contributed by atoms with Crippen LogP contribution in [0.2, 0.25) is 0 Å². The SMILES string of the molecule is CCCC[C@@H]1Nc2ncnc(N3CCOCC3)c2N(CC(CC)CC)C1=O. The Hall–Kier alpha value is -1.89. The van der Waals surface area contributed by atoms with Gasteiger partial charge in [0.05, 0.1) is 13.2 Å². The van der Waals surface area contributed by atoms with Crippen LogP contribution in [-0.4, -0.2) is 54.8 Å². The average molecular weight is 376 g/mol. The Kier molecular flexibility index (Phi) is 6.88. The number of nitrogens with one attached hydrogen (secondary N) is 1. The zero-order chi connectivity index (χ0) is 19.2. The lowest BCUT2D eigenvalue weighted by atomic mass is 9.99. The number of ether oxygens (including phenoxy) is 1. The number of rotatable bonds is 8. The van der Waals surface area contributed by atoms with Crippen LogP contribution < -0.4 is 15.1 Å². The van der Waals surface area contributed by atoms with Crippen molar-refractivity contribution in [3.63, 3.8) is 0 Å². The van der Waals surface area contributed by atoms with E-state index in [-0.39, 0.29) is 11.9 Å². The Morgan fingerprint density at radius 2 is 1.96 bits per heavy atom. The molecule has 150 valence electrons. The second kappa shape index (κ2) is 9.35. The van der Waals surface area contributed by atoms with E-state index in [1.54, 1.807) is 6.33 Å². The molecule has 0 aromatic carbocycles. The smallest absolute Gasteiger partial charge is 0.249 e. The summed E-state index contributed by atoms with van der Waals surface area (Å²) in [4.78, 5) is 26.6. The highest BCUT2D eigenvalue weighted by atomic mass is 16.5. The molecule has 0 bridgehead atoms. The van der Waals surface area contributed by atoms with Gasteiger partial charge in [0.25, 0.3) is 0 Å². The number of morpholine rings is 1. The Labute approximate surface area is 162 Å². The summed E-state index contributed by atoms with van der Waals surface area (Å²) in [5, 5.41) is 3.40. The van der Waals surface area contributed by atoms with E-state index in [0.717, 1.165) is 69.1 Å². The predicted molar refractivity (Wildman–Crippen MR) is 108 cm³/mol. The number of anilines is 3. The normalized spacial score (nSPS) is 20.0. The van der Waals surface area contributed by atoms with Crippen molar-refractivity contribution in [1.82, 2.24) is 9.97 Å². The van der Waals surface area contributed by atoms with E-state index in [1.807, 2.05) is 4.90 Å². The number of fused-ring (bicyclic) bond motifs is 1. The van der Waals surface area contributed by atoms with Crippen LogP contribution in [0.5, 0.6) is 0 Å². The first kappa shape index (κ1) is 19.9. The van der Waals surface area contributed by atoms with Crippen LogP contribution in [0.1, 0.15) is 52.9 Å². The van der Waals surface area contributed by atoms with E-state index in [0.29, 0.717) is 19.1 Å². The van der Waals surface area contributed by atoms with Crippen LogP contribution in [0.15, 0.2) is 6.33 Å². The fourth-order valence-corrected chi connectivity index (χ4v) is 3.85. The summed E-state index contributed by atoms with van der Waals surface area (Å²) in [6.45, 7) is 10.2. The van der Waals surface area contributed by atoms with E-state index in [1.165, 1.54) is 0 Å². The van der Waals surface area contributed by atoms with Gasteiger partial charge in [-0.25, -0.2) is 9.97 Å². The van der Waals surface area contributed by atoms with E-state index in [9.17, 15) is 4.79 Å². The maximum Gasteiger partial charge on any atom is 0.249 e. The number of nitrogens with zero attached hydrogens (tertiary/aromatic N) is 4. The monoisotopic (exact) mass is 375 g/mol. The van der Waals surface area contributed by atoms with E-state index in [2.05, 4.69) is 41.0 Å². The van der Waals surface area contributed by atoms with Crippen LogP contribution >= 0.6 is 0 Å². The summed E-state index contributed by atoms with van der Waals surface area (Å²) >= 11 is 0. The molecule has 0 spiro atoms. The second-order valence-electron chi connectivity index (χ2n) is 7.46. The summed E-state index contributed by atoms with van der Waals surface area (Å²) in [7, 11) is 0. The van der Waals surface area contributed by atoms with Crippen molar-refractivity contribution in [2.45, 2.75) is 58.9 Å². The lowest BCUT2D eigenvalue weighted by Crippen LogP contribution is -2.50. The van der Waals surface area contributed by atoms with Gasteiger partial charge in [-0.05, 0) is 12.3 Å². The zero-order valence-corrected chi connectivity index (χ0v) is 16.9. The van der Waals surface area contributed by atoms with Gasteiger partial charge in [-0.2, -0.15) is 0 Å². The lowest BCUT2D eigenvalue weighted by molar-refractivity contribution is -0.119. The van der Waals surface area contributed by atoms with Crippen LogP contribution in [0, 0.1) is 5.92 Å². The van der Waals surface area contributed by atoms with Gasteiger partial charge >= 0.3 is 0 Å². The average Bonchev–Trinajstić information content (AvgIpc) is 2.72. The van der Waals surface area contributed by atoms with Gasteiger partial charge in [0.15, 0.2) is 11.6 Å². The lowest BCUT2D eigenvalue weighted by Gasteiger charge is -2.39. The molecule has 1 N–H and O–H groups in total. The molecule has 1 fully saturated rings. The molecule has 1 saturated heterocycles. The number of aromatic nitrogens is 2. The first-order valence-corrected chi connectivity index (χ1v) is 10.4. The first-order valence-electron chi connectivity index (χ1n) is 10.4. The topological polar surface area (TPSA) is 70.6 Å². The van der Waals surface area contributed by atoms with Crippen LogP contribution in [0.25, 0.3) is 0 Å². The number of unbranched alkanes of at least 4 members (excludes halogenated alkanes) is 1. The molecule has 0 saturated carbocycles. The maximum absolute atomic E-state index is 13.4. The number of carbonyl (C=O) groups is 1. The van der Waals surface area contributed by atoms with Crippen molar-refractivity contribution in [2.75, 3.05) is 48.0 Å². The number of amides is 1. The number of hydrogen-bond acceptors (Lipinski definition) is 6. The molecule has 7 nitrogen and oxygen atoms in total. The molecule has 0 aliphatic carbocycles. The highest BCUT2D eigenvalue weighted by molar-refractivity contribution is 6.07. The summed E-state index contributed by atoms with van der Waals surface area (Å²) < 4.78 is 5.49. The molecule has 7 heteroatoms. The minimum Gasteiger partial charge on any atom is -0.378 e. The predicted octanol–water partition coefficient (Wildman–Crippen LogP) is 3.07. The molecule has 3 rings (SSSR count). The molecular weight excluding hydrogens is 342 g/mol. The van der Waals surface area contributed by atoms with Gasteiger partial charge in [-0.1, -0.05) is 46.5 Å². The highest BCUT2D eigenvalue weighted by Crippen LogP contribution is 2.39. The quantitative estimate of drug-likeness (QED) is 0.753. The minimum atomic E-state index is -0.195. The maximum atomic E-state index is 13.4.